The number of furan rings is 1. The van der Waals surface area contributed by atoms with Crippen molar-refractivity contribution in [2.75, 3.05) is 13.7 Å². The topological polar surface area (TPSA) is 97.1 Å². The Balaban J connectivity index is 1.68. The second kappa shape index (κ2) is 8.94. The van der Waals surface area contributed by atoms with Crippen LogP contribution < -0.4 is 0 Å². The molecule has 0 saturated carbocycles. The summed E-state index contributed by atoms with van der Waals surface area (Å²) in [7, 11) is 1.56. The van der Waals surface area contributed by atoms with Crippen molar-refractivity contribution in [3.8, 4) is 0 Å². The van der Waals surface area contributed by atoms with Gasteiger partial charge in [0.15, 0.2) is 6.61 Å². The van der Waals surface area contributed by atoms with Crippen LogP contribution in [0.1, 0.15) is 46.7 Å². The molecule has 2 heterocycles. The molecule has 1 aliphatic rings. The number of hydrogen-bond acceptors (Lipinski definition) is 6. The first kappa shape index (κ1) is 21.3. The molecular weight excluding hydrogens is 388 g/mol. The van der Waals surface area contributed by atoms with Crippen LogP contribution in [0.5, 0.6) is 0 Å². The Hall–Kier alpha value is -3.42. The molecule has 8 heteroatoms. The van der Waals surface area contributed by atoms with Crippen LogP contribution >= 0.6 is 0 Å². The van der Waals surface area contributed by atoms with Crippen LogP contribution in [0, 0.1) is 5.92 Å². The van der Waals surface area contributed by atoms with Gasteiger partial charge in [0.1, 0.15) is 11.8 Å². The number of likely N-dealkylation sites (N-methyl/N-ethyl adjacent to an activating group) is 1. The van der Waals surface area contributed by atoms with Crippen LogP contribution in [-0.4, -0.2) is 53.2 Å². The predicted octanol–water partition coefficient (Wildman–Crippen LogP) is 2.49. The number of nitrogens with zero attached hydrogens (tertiary/aromatic N) is 2. The quantitative estimate of drug-likeness (QED) is 0.488. The van der Waals surface area contributed by atoms with Crippen molar-refractivity contribution in [1.82, 2.24) is 9.80 Å². The molecule has 2 aromatic rings. The Morgan fingerprint density at radius 3 is 2.23 bits per heavy atom. The average molecular weight is 412 g/mol. The monoisotopic (exact) mass is 412 g/mol. The van der Waals surface area contributed by atoms with Gasteiger partial charge in [-0.15, -0.1) is 0 Å². The highest BCUT2D eigenvalue weighted by Gasteiger charge is 2.43. The number of ether oxygens (including phenoxy) is 1. The number of imide groups is 1. The molecule has 3 rings (SSSR count). The normalized spacial score (nSPS) is 14.1. The maximum Gasteiger partial charge on any atom is 0.329 e. The fraction of sp³-hybridized carbons (Fsp3) is 0.364. The molecule has 0 radical (unpaired) electrons. The predicted molar refractivity (Wildman–Crippen MR) is 106 cm³/mol. The number of amides is 3. The van der Waals surface area contributed by atoms with Gasteiger partial charge in [-0.2, -0.15) is 0 Å². The lowest BCUT2D eigenvalue weighted by Gasteiger charge is -2.26. The number of fused-ring (bicyclic) bond motifs is 1. The van der Waals surface area contributed by atoms with Gasteiger partial charge in [0.25, 0.3) is 17.7 Å². The van der Waals surface area contributed by atoms with Gasteiger partial charge in [-0.25, -0.2) is 4.79 Å². The maximum absolute atomic E-state index is 12.8. The number of rotatable bonds is 8. The summed E-state index contributed by atoms with van der Waals surface area (Å²) < 4.78 is 10.4. The van der Waals surface area contributed by atoms with Gasteiger partial charge in [0, 0.05) is 7.05 Å². The van der Waals surface area contributed by atoms with E-state index in [0.29, 0.717) is 5.76 Å². The molecule has 1 aromatic carbocycles. The number of hydrogen-bond donors (Lipinski definition) is 0. The largest absolute Gasteiger partial charge is 0.467 e. The molecule has 0 bridgehead atoms. The summed E-state index contributed by atoms with van der Waals surface area (Å²) in [6.07, 6.45) is 1.74. The Labute approximate surface area is 174 Å². The SMILES string of the molecule is CC(C)C[C@@H](C(=O)OCC(=O)N(C)Cc1ccco1)N1C(=O)c2ccccc2C1=O. The molecule has 8 nitrogen and oxygen atoms in total. The molecule has 158 valence electrons. The lowest BCUT2D eigenvalue weighted by Crippen LogP contribution is -2.47. The van der Waals surface area contributed by atoms with Gasteiger partial charge in [-0.05, 0) is 36.6 Å². The third-order valence-corrected chi connectivity index (χ3v) is 4.84. The average Bonchev–Trinajstić information content (AvgIpc) is 3.31. The van der Waals surface area contributed by atoms with E-state index in [1.165, 1.54) is 11.2 Å². The Bertz CT molecular complexity index is 915. The van der Waals surface area contributed by atoms with Crippen LogP contribution in [-0.2, 0) is 20.9 Å². The van der Waals surface area contributed by atoms with E-state index in [-0.39, 0.29) is 30.0 Å². The molecule has 0 unspecified atom stereocenters. The molecule has 3 amide bonds. The summed E-state index contributed by atoms with van der Waals surface area (Å²) in [6, 6.07) is 8.79. The molecule has 0 fully saturated rings. The van der Waals surface area contributed by atoms with Gasteiger partial charge < -0.3 is 14.1 Å². The van der Waals surface area contributed by atoms with Crippen molar-refractivity contribution in [3.63, 3.8) is 0 Å². The molecule has 0 aliphatic carbocycles. The zero-order valence-electron chi connectivity index (χ0n) is 17.2. The van der Waals surface area contributed by atoms with Gasteiger partial charge in [-0.3, -0.25) is 19.3 Å². The Morgan fingerprint density at radius 2 is 1.70 bits per heavy atom. The zero-order chi connectivity index (χ0) is 21.8. The minimum absolute atomic E-state index is 0.0178. The number of carbonyl (C=O) groups excluding carboxylic acids is 4. The Morgan fingerprint density at radius 1 is 1.07 bits per heavy atom. The summed E-state index contributed by atoms with van der Waals surface area (Å²) in [5.41, 5.74) is 0.525. The van der Waals surface area contributed by atoms with Crippen molar-refractivity contribution < 1.29 is 28.3 Å². The molecule has 0 saturated heterocycles. The van der Waals surface area contributed by atoms with E-state index in [1.54, 1.807) is 43.4 Å². The van der Waals surface area contributed by atoms with Crippen molar-refractivity contribution in [2.45, 2.75) is 32.9 Å². The third kappa shape index (κ3) is 4.42. The van der Waals surface area contributed by atoms with Crippen molar-refractivity contribution >= 4 is 23.7 Å². The highest BCUT2D eigenvalue weighted by atomic mass is 16.5. The second-order valence-corrected chi connectivity index (χ2v) is 7.61. The van der Waals surface area contributed by atoms with Crippen LogP contribution in [0.4, 0.5) is 0 Å². The van der Waals surface area contributed by atoms with E-state index < -0.39 is 36.3 Å². The van der Waals surface area contributed by atoms with E-state index in [0.717, 1.165) is 4.90 Å². The first-order valence-corrected chi connectivity index (χ1v) is 9.69. The lowest BCUT2D eigenvalue weighted by molar-refractivity contribution is -0.155. The highest BCUT2D eigenvalue weighted by molar-refractivity contribution is 6.22. The first-order valence-electron chi connectivity index (χ1n) is 9.69. The second-order valence-electron chi connectivity index (χ2n) is 7.61. The van der Waals surface area contributed by atoms with E-state index in [4.69, 9.17) is 9.15 Å². The molecule has 1 aromatic heterocycles. The van der Waals surface area contributed by atoms with Gasteiger partial charge >= 0.3 is 5.97 Å². The van der Waals surface area contributed by atoms with Crippen LogP contribution in [0.3, 0.4) is 0 Å². The lowest BCUT2D eigenvalue weighted by atomic mass is 10.0. The Kier molecular flexibility index (Phi) is 6.34. The number of carbonyl (C=O) groups is 4. The third-order valence-electron chi connectivity index (χ3n) is 4.84. The van der Waals surface area contributed by atoms with Crippen LogP contribution in [0.15, 0.2) is 47.1 Å². The summed E-state index contributed by atoms with van der Waals surface area (Å²) in [5, 5.41) is 0. The van der Waals surface area contributed by atoms with Gasteiger partial charge in [0.2, 0.25) is 0 Å². The van der Waals surface area contributed by atoms with Gasteiger partial charge in [0.05, 0.1) is 23.9 Å². The first-order chi connectivity index (χ1) is 14.3. The number of benzene rings is 1. The molecule has 30 heavy (non-hydrogen) atoms. The maximum atomic E-state index is 12.8. The fourth-order valence-corrected chi connectivity index (χ4v) is 3.31. The highest BCUT2D eigenvalue weighted by Crippen LogP contribution is 2.27. The van der Waals surface area contributed by atoms with Gasteiger partial charge in [-0.1, -0.05) is 26.0 Å². The van der Waals surface area contributed by atoms with Crippen LogP contribution in [0.25, 0.3) is 0 Å². The molecular formula is C22H24N2O6. The summed E-state index contributed by atoms with van der Waals surface area (Å²) >= 11 is 0. The van der Waals surface area contributed by atoms with E-state index in [9.17, 15) is 19.2 Å². The van der Waals surface area contributed by atoms with E-state index in [2.05, 4.69) is 0 Å². The zero-order valence-corrected chi connectivity index (χ0v) is 17.2. The van der Waals surface area contributed by atoms with Crippen molar-refractivity contribution in [1.29, 1.82) is 0 Å². The summed E-state index contributed by atoms with van der Waals surface area (Å²) in [4.78, 5) is 53.0. The minimum atomic E-state index is -1.10. The standard InChI is InChI=1S/C22H24N2O6/c1-14(2)11-18(24-20(26)16-8-4-5-9-17(16)21(24)27)22(28)30-13-19(25)23(3)12-15-7-6-10-29-15/h4-10,14,18H,11-13H2,1-3H3/t18-/m0/s1. The minimum Gasteiger partial charge on any atom is -0.467 e. The fourth-order valence-electron chi connectivity index (χ4n) is 3.31. The van der Waals surface area contributed by atoms with Crippen LogP contribution in [0.2, 0.25) is 0 Å². The summed E-state index contributed by atoms with van der Waals surface area (Å²) in [5.74, 6) is -1.65. The summed E-state index contributed by atoms with van der Waals surface area (Å²) in [6.45, 7) is 3.49. The molecule has 1 atom stereocenters. The molecule has 0 spiro atoms. The van der Waals surface area contributed by atoms with E-state index in [1.807, 2.05) is 13.8 Å². The number of esters is 1. The smallest absolute Gasteiger partial charge is 0.329 e. The molecule has 1 aliphatic heterocycles. The van der Waals surface area contributed by atoms with Crippen molar-refractivity contribution in [2.24, 2.45) is 5.92 Å². The van der Waals surface area contributed by atoms with E-state index >= 15 is 0 Å². The van der Waals surface area contributed by atoms with Crippen molar-refractivity contribution in [3.05, 3.63) is 59.5 Å². The molecule has 0 N–H and O–H groups in total.